The molecule has 0 amide bonds. The molecule has 0 aliphatic heterocycles. The van der Waals surface area contributed by atoms with Crippen LogP contribution in [0.3, 0.4) is 0 Å². The maximum atomic E-state index is 11.0. The van der Waals surface area contributed by atoms with E-state index in [1.54, 1.807) is 6.08 Å². The van der Waals surface area contributed by atoms with Gasteiger partial charge in [-0.15, -0.1) is 0 Å². The first-order chi connectivity index (χ1) is 5.66. The average molecular weight is 181 g/mol. The van der Waals surface area contributed by atoms with Crippen LogP contribution in [0.5, 0.6) is 0 Å². The lowest BCUT2D eigenvalue weighted by atomic mass is 10.0. The van der Waals surface area contributed by atoms with Crippen molar-refractivity contribution < 1.29 is 4.79 Å². The molecule has 1 aromatic rings. The number of benzene rings is 1. The highest BCUT2D eigenvalue weighted by atomic mass is 35.5. The SMILES string of the molecule is C=Cc1cccc(C)c1C(=O)Cl. The van der Waals surface area contributed by atoms with Crippen LogP contribution in [-0.2, 0) is 0 Å². The van der Waals surface area contributed by atoms with Gasteiger partial charge in [-0.2, -0.15) is 0 Å². The zero-order valence-corrected chi connectivity index (χ0v) is 7.56. The lowest BCUT2D eigenvalue weighted by Gasteiger charge is -2.03. The van der Waals surface area contributed by atoms with E-state index < -0.39 is 5.24 Å². The molecule has 0 fully saturated rings. The summed E-state index contributed by atoms with van der Waals surface area (Å²) in [4.78, 5) is 11.0. The summed E-state index contributed by atoms with van der Waals surface area (Å²) in [5, 5.41) is -0.428. The van der Waals surface area contributed by atoms with Crippen molar-refractivity contribution in [3.05, 3.63) is 41.5 Å². The first kappa shape index (κ1) is 9.01. The van der Waals surface area contributed by atoms with Crippen LogP contribution in [0.25, 0.3) is 6.08 Å². The van der Waals surface area contributed by atoms with Gasteiger partial charge in [-0.1, -0.05) is 30.9 Å². The summed E-state index contributed by atoms with van der Waals surface area (Å²) in [7, 11) is 0. The van der Waals surface area contributed by atoms with Crippen LogP contribution in [0.2, 0.25) is 0 Å². The van der Waals surface area contributed by atoms with E-state index in [0.717, 1.165) is 11.1 Å². The molecule has 0 aliphatic rings. The zero-order valence-electron chi connectivity index (χ0n) is 6.80. The lowest BCUT2D eigenvalue weighted by molar-refractivity contribution is 0.108. The fourth-order valence-electron chi connectivity index (χ4n) is 1.13. The molecule has 0 saturated heterocycles. The molecule has 12 heavy (non-hydrogen) atoms. The Morgan fingerprint density at radius 2 is 2.25 bits per heavy atom. The molecule has 1 nitrogen and oxygen atoms in total. The fraction of sp³-hybridized carbons (Fsp3) is 0.100. The molecule has 0 bridgehead atoms. The Morgan fingerprint density at radius 3 is 2.67 bits per heavy atom. The van der Waals surface area contributed by atoms with E-state index >= 15 is 0 Å². The van der Waals surface area contributed by atoms with Gasteiger partial charge in [0.1, 0.15) is 0 Å². The Labute approximate surface area is 76.7 Å². The minimum atomic E-state index is -0.428. The molecule has 0 aromatic heterocycles. The molecule has 0 saturated carbocycles. The Kier molecular flexibility index (Phi) is 2.66. The smallest absolute Gasteiger partial charge is 0.253 e. The molecule has 2 heteroatoms. The average Bonchev–Trinajstić information content (AvgIpc) is 2.03. The summed E-state index contributed by atoms with van der Waals surface area (Å²) in [5.74, 6) is 0. The van der Waals surface area contributed by atoms with Gasteiger partial charge in [-0.25, -0.2) is 0 Å². The van der Waals surface area contributed by atoms with E-state index in [9.17, 15) is 4.79 Å². The van der Waals surface area contributed by atoms with Gasteiger partial charge in [-0.3, -0.25) is 4.79 Å². The molecule has 0 unspecified atom stereocenters. The highest BCUT2D eigenvalue weighted by molar-refractivity contribution is 6.68. The van der Waals surface area contributed by atoms with Gasteiger partial charge in [0.25, 0.3) is 5.24 Å². The van der Waals surface area contributed by atoms with Crippen LogP contribution in [0, 0.1) is 6.92 Å². The van der Waals surface area contributed by atoms with Crippen LogP contribution in [0.15, 0.2) is 24.8 Å². The van der Waals surface area contributed by atoms with Crippen LogP contribution >= 0.6 is 11.6 Å². The van der Waals surface area contributed by atoms with Crippen molar-refractivity contribution >= 4 is 22.9 Å². The number of halogens is 1. The number of hydrogen-bond acceptors (Lipinski definition) is 1. The summed E-state index contributed by atoms with van der Waals surface area (Å²) in [6.07, 6.45) is 1.63. The summed E-state index contributed by atoms with van der Waals surface area (Å²) < 4.78 is 0. The maximum Gasteiger partial charge on any atom is 0.253 e. The maximum absolute atomic E-state index is 11.0. The summed E-state index contributed by atoms with van der Waals surface area (Å²) in [6, 6.07) is 5.54. The van der Waals surface area contributed by atoms with Crippen molar-refractivity contribution in [2.24, 2.45) is 0 Å². The Balaban J connectivity index is 3.39. The van der Waals surface area contributed by atoms with Crippen LogP contribution < -0.4 is 0 Å². The van der Waals surface area contributed by atoms with Crippen molar-refractivity contribution in [1.29, 1.82) is 0 Å². The summed E-state index contributed by atoms with van der Waals surface area (Å²) in [6.45, 7) is 5.45. The molecule has 1 rings (SSSR count). The highest BCUT2D eigenvalue weighted by Gasteiger charge is 2.08. The molecule has 0 atom stereocenters. The molecular formula is C10H9ClO. The number of carbonyl (C=O) groups is 1. The summed E-state index contributed by atoms with van der Waals surface area (Å²) >= 11 is 5.41. The van der Waals surface area contributed by atoms with Crippen molar-refractivity contribution in [3.63, 3.8) is 0 Å². The number of carbonyl (C=O) groups excluding carboxylic acids is 1. The molecule has 0 radical (unpaired) electrons. The monoisotopic (exact) mass is 180 g/mol. The number of rotatable bonds is 2. The van der Waals surface area contributed by atoms with Gasteiger partial charge in [0.15, 0.2) is 0 Å². The van der Waals surface area contributed by atoms with E-state index in [-0.39, 0.29) is 0 Å². The fourth-order valence-corrected chi connectivity index (χ4v) is 1.39. The second kappa shape index (κ2) is 3.55. The first-order valence-electron chi connectivity index (χ1n) is 3.58. The van der Waals surface area contributed by atoms with E-state index in [2.05, 4.69) is 6.58 Å². The molecule has 0 spiro atoms. The van der Waals surface area contributed by atoms with Gasteiger partial charge in [0.2, 0.25) is 0 Å². The van der Waals surface area contributed by atoms with Gasteiger partial charge < -0.3 is 0 Å². The standard InChI is InChI=1S/C10H9ClO/c1-3-8-6-4-5-7(2)9(8)10(11)12/h3-6H,1H2,2H3. The van der Waals surface area contributed by atoms with E-state index in [4.69, 9.17) is 11.6 Å². The van der Waals surface area contributed by atoms with Gasteiger partial charge in [0.05, 0.1) is 0 Å². The van der Waals surface area contributed by atoms with E-state index in [1.807, 2.05) is 25.1 Å². The van der Waals surface area contributed by atoms with Gasteiger partial charge in [-0.05, 0) is 29.7 Å². The third-order valence-corrected chi connectivity index (χ3v) is 1.91. The van der Waals surface area contributed by atoms with E-state index in [0.29, 0.717) is 5.56 Å². The predicted octanol–water partition coefficient (Wildman–Crippen LogP) is 3.02. The first-order valence-corrected chi connectivity index (χ1v) is 3.96. The third kappa shape index (κ3) is 1.56. The molecule has 62 valence electrons. The number of hydrogen-bond donors (Lipinski definition) is 0. The van der Waals surface area contributed by atoms with Crippen LogP contribution in [-0.4, -0.2) is 5.24 Å². The zero-order chi connectivity index (χ0) is 9.14. The normalized spacial score (nSPS) is 9.50. The molecule has 1 aromatic carbocycles. The Hall–Kier alpha value is -1.08. The molecule has 0 heterocycles. The Bertz CT molecular complexity index is 329. The minimum absolute atomic E-state index is 0.428. The van der Waals surface area contributed by atoms with Crippen molar-refractivity contribution in [1.82, 2.24) is 0 Å². The van der Waals surface area contributed by atoms with Gasteiger partial charge >= 0.3 is 0 Å². The van der Waals surface area contributed by atoms with Crippen molar-refractivity contribution in [2.45, 2.75) is 6.92 Å². The molecule has 0 N–H and O–H groups in total. The minimum Gasteiger partial charge on any atom is -0.276 e. The second-order valence-corrected chi connectivity index (χ2v) is 2.86. The lowest BCUT2D eigenvalue weighted by Crippen LogP contribution is -1.96. The quantitative estimate of drug-likeness (QED) is 0.640. The Morgan fingerprint density at radius 1 is 1.58 bits per heavy atom. The van der Waals surface area contributed by atoms with E-state index in [1.165, 1.54) is 0 Å². The highest BCUT2D eigenvalue weighted by Crippen LogP contribution is 2.17. The third-order valence-electron chi connectivity index (χ3n) is 1.72. The topological polar surface area (TPSA) is 17.1 Å². The van der Waals surface area contributed by atoms with Crippen molar-refractivity contribution in [3.8, 4) is 0 Å². The second-order valence-electron chi connectivity index (χ2n) is 2.52. The van der Waals surface area contributed by atoms with Crippen LogP contribution in [0.1, 0.15) is 21.5 Å². The molecular weight excluding hydrogens is 172 g/mol. The predicted molar refractivity (Wildman–Crippen MR) is 51.5 cm³/mol. The largest absolute Gasteiger partial charge is 0.276 e. The molecule has 0 aliphatic carbocycles. The van der Waals surface area contributed by atoms with Crippen molar-refractivity contribution in [2.75, 3.05) is 0 Å². The van der Waals surface area contributed by atoms with Gasteiger partial charge in [0, 0.05) is 5.56 Å². The number of aryl methyl sites for hydroxylation is 1. The summed E-state index contributed by atoms with van der Waals surface area (Å²) in [5.41, 5.74) is 2.22. The van der Waals surface area contributed by atoms with Crippen LogP contribution in [0.4, 0.5) is 0 Å².